The second kappa shape index (κ2) is 11.6. The number of primary amides is 1. The first-order valence-corrected chi connectivity index (χ1v) is 11.8. The van der Waals surface area contributed by atoms with E-state index < -0.39 is 46.7 Å². The number of carbonyl (C=O) groups excluding carboxylic acids is 4. The van der Waals surface area contributed by atoms with Gasteiger partial charge in [-0.25, -0.2) is 4.79 Å². The van der Waals surface area contributed by atoms with Crippen LogP contribution in [0.25, 0.3) is 0 Å². The van der Waals surface area contributed by atoms with Crippen molar-refractivity contribution in [3.63, 3.8) is 0 Å². The lowest BCUT2D eigenvalue weighted by Gasteiger charge is -2.43. The zero-order valence-corrected chi connectivity index (χ0v) is 22.5. The smallest absolute Gasteiger partial charge is 0.408 e. The molecule has 35 heavy (non-hydrogen) atoms. The van der Waals surface area contributed by atoms with Crippen molar-refractivity contribution in [3.05, 3.63) is 35.9 Å². The van der Waals surface area contributed by atoms with Gasteiger partial charge in [0.25, 0.3) is 0 Å². The molecule has 0 bridgehead atoms. The van der Waals surface area contributed by atoms with Gasteiger partial charge in [-0.3, -0.25) is 14.4 Å². The van der Waals surface area contributed by atoms with Gasteiger partial charge in [-0.05, 0) is 74.3 Å². The molecular formula is C26H42N4O5. The van der Waals surface area contributed by atoms with Crippen molar-refractivity contribution >= 4 is 23.8 Å². The van der Waals surface area contributed by atoms with Crippen LogP contribution in [0.3, 0.4) is 0 Å². The summed E-state index contributed by atoms with van der Waals surface area (Å²) >= 11 is 0. The Kier molecular flexibility index (Phi) is 9.88. The average molecular weight is 491 g/mol. The Hall–Kier alpha value is -3.10. The van der Waals surface area contributed by atoms with E-state index in [2.05, 4.69) is 10.6 Å². The first kappa shape index (κ1) is 29.9. The van der Waals surface area contributed by atoms with Crippen LogP contribution in [-0.4, -0.2) is 51.4 Å². The van der Waals surface area contributed by atoms with E-state index in [0.29, 0.717) is 5.56 Å². The molecule has 9 heteroatoms. The normalized spacial score (nSPS) is 13.9. The molecule has 0 fully saturated rings. The quantitative estimate of drug-likeness (QED) is 0.514. The van der Waals surface area contributed by atoms with Gasteiger partial charge >= 0.3 is 6.09 Å². The molecule has 4 N–H and O–H groups in total. The highest BCUT2D eigenvalue weighted by atomic mass is 16.6. The van der Waals surface area contributed by atoms with Gasteiger partial charge in [-0.2, -0.15) is 0 Å². The van der Waals surface area contributed by atoms with Crippen LogP contribution in [0.5, 0.6) is 0 Å². The molecular weight excluding hydrogens is 448 g/mol. The Morgan fingerprint density at radius 1 is 0.943 bits per heavy atom. The van der Waals surface area contributed by atoms with Crippen molar-refractivity contribution in [2.45, 2.75) is 104 Å². The second-order valence-electron chi connectivity index (χ2n) is 11.6. The number of benzene rings is 1. The summed E-state index contributed by atoms with van der Waals surface area (Å²) in [6.07, 6.45) is -0.971. The van der Waals surface area contributed by atoms with Gasteiger partial charge in [0.05, 0.1) is 0 Å². The van der Waals surface area contributed by atoms with Gasteiger partial charge in [0.1, 0.15) is 17.7 Å². The average Bonchev–Trinajstić information content (AvgIpc) is 2.65. The Labute approximate surface area is 209 Å². The fourth-order valence-electron chi connectivity index (χ4n) is 3.50. The van der Waals surface area contributed by atoms with E-state index in [0.717, 1.165) is 0 Å². The SMILES string of the molecule is CC(C)(C)NC(=O)C(c1ccccc1)N(C(=O)C(CCC(N)=O)NC(=O)OC(C)(C)C)C(C)(C)C. The number of hydrogen-bond donors (Lipinski definition) is 3. The van der Waals surface area contributed by atoms with E-state index in [1.54, 1.807) is 45.0 Å². The molecule has 4 amide bonds. The number of carbonyl (C=O) groups is 4. The highest BCUT2D eigenvalue weighted by Gasteiger charge is 2.42. The van der Waals surface area contributed by atoms with Crippen molar-refractivity contribution in [2.75, 3.05) is 0 Å². The molecule has 0 saturated heterocycles. The van der Waals surface area contributed by atoms with Gasteiger partial charge in [-0.15, -0.1) is 0 Å². The maximum absolute atomic E-state index is 14.0. The van der Waals surface area contributed by atoms with Gasteiger partial charge in [0, 0.05) is 17.5 Å². The lowest BCUT2D eigenvalue weighted by Crippen LogP contribution is -2.59. The third-order valence-corrected chi connectivity index (χ3v) is 4.75. The maximum atomic E-state index is 14.0. The molecule has 2 unspecified atom stereocenters. The number of nitrogens with zero attached hydrogens (tertiary/aromatic N) is 1. The standard InChI is InChI=1S/C26H42N4O5/c1-24(2,3)29-21(32)20(17-13-11-10-12-14-17)30(25(4,5)6)22(33)18(15-16-19(27)31)28-23(34)35-26(7,8)9/h10-14,18,20H,15-16H2,1-9H3,(H2,27,31)(H,28,34)(H,29,32). The van der Waals surface area contributed by atoms with E-state index >= 15 is 0 Å². The molecule has 0 spiro atoms. The van der Waals surface area contributed by atoms with Crippen molar-refractivity contribution < 1.29 is 23.9 Å². The Bertz CT molecular complexity index is 895. The Balaban J connectivity index is 3.54. The number of ether oxygens (including phenoxy) is 1. The summed E-state index contributed by atoms with van der Waals surface area (Å²) in [5.74, 6) is -1.50. The van der Waals surface area contributed by atoms with Crippen molar-refractivity contribution in [3.8, 4) is 0 Å². The number of alkyl carbamates (subject to hydrolysis) is 1. The molecule has 0 radical (unpaired) electrons. The van der Waals surface area contributed by atoms with E-state index in [1.807, 2.05) is 47.6 Å². The predicted octanol–water partition coefficient (Wildman–Crippen LogP) is 3.43. The highest BCUT2D eigenvalue weighted by Crippen LogP contribution is 2.31. The van der Waals surface area contributed by atoms with Crippen LogP contribution in [0.1, 0.15) is 86.8 Å². The second-order valence-corrected chi connectivity index (χ2v) is 11.6. The highest BCUT2D eigenvalue weighted by molar-refractivity contribution is 5.93. The number of nitrogens with one attached hydrogen (secondary N) is 2. The van der Waals surface area contributed by atoms with Crippen LogP contribution in [0.4, 0.5) is 4.79 Å². The summed E-state index contributed by atoms with van der Waals surface area (Å²) in [5.41, 5.74) is 3.79. The van der Waals surface area contributed by atoms with E-state index in [1.165, 1.54) is 4.90 Å². The molecule has 0 heterocycles. The largest absolute Gasteiger partial charge is 0.444 e. The number of nitrogens with two attached hydrogens (primary N) is 1. The fraction of sp³-hybridized carbons (Fsp3) is 0.615. The topological polar surface area (TPSA) is 131 Å². The molecule has 196 valence electrons. The fourth-order valence-corrected chi connectivity index (χ4v) is 3.50. The summed E-state index contributed by atoms with van der Waals surface area (Å²) in [6.45, 7) is 16.1. The minimum absolute atomic E-state index is 0.0393. The molecule has 1 rings (SSSR count). The maximum Gasteiger partial charge on any atom is 0.408 e. The molecule has 0 aliphatic rings. The molecule has 2 atom stereocenters. The van der Waals surface area contributed by atoms with Gasteiger partial charge in [0.2, 0.25) is 17.7 Å². The van der Waals surface area contributed by atoms with Crippen LogP contribution in [-0.2, 0) is 19.1 Å². The first-order chi connectivity index (χ1) is 15.8. The van der Waals surface area contributed by atoms with Crippen LogP contribution in [0.2, 0.25) is 0 Å². The van der Waals surface area contributed by atoms with E-state index in [-0.39, 0.29) is 18.7 Å². The van der Waals surface area contributed by atoms with Crippen molar-refractivity contribution in [1.82, 2.24) is 15.5 Å². The van der Waals surface area contributed by atoms with Crippen molar-refractivity contribution in [1.29, 1.82) is 0 Å². The Morgan fingerprint density at radius 3 is 1.91 bits per heavy atom. The van der Waals surface area contributed by atoms with Crippen molar-refractivity contribution in [2.24, 2.45) is 5.73 Å². The summed E-state index contributed by atoms with van der Waals surface area (Å²) < 4.78 is 5.33. The lowest BCUT2D eigenvalue weighted by molar-refractivity contribution is -0.149. The molecule has 9 nitrogen and oxygen atoms in total. The third kappa shape index (κ3) is 10.4. The van der Waals surface area contributed by atoms with Crippen LogP contribution in [0.15, 0.2) is 30.3 Å². The molecule has 0 aromatic heterocycles. The Morgan fingerprint density at radius 2 is 1.49 bits per heavy atom. The number of amides is 4. The molecule has 0 aliphatic carbocycles. The minimum atomic E-state index is -1.13. The summed E-state index contributed by atoms with van der Waals surface area (Å²) in [6, 6.07) is 6.84. The van der Waals surface area contributed by atoms with Gasteiger partial charge in [0.15, 0.2) is 0 Å². The van der Waals surface area contributed by atoms with Gasteiger partial charge in [-0.1, -0.05) is 30.3 Å². The zero-order chi connectivity index (χ0) is 27.2. The molecule has 0 aliphatic heterocycles. The monoisotopic (exact) mass is 490 g/mol. The third-order valence-electron chi connectivity index (χ3n) is 4.75. The number of hydrogen-bond acceptors (Lipinski definition) is 5. The molecule has 1 aromatic carbocycles. The van der Waals surface area contributed by atoms with Crippen LogP contribution in [0, 0.1) is 0 Å². The minimum Gasteiger partial charge on any atom is -0.444 e. The van der Waals surface area contributed by atoms with E-state index in [9.17, 15) is 19.2 Å². The number of rotatable bonds is 8. The van der Waals surface area contributed by atoms with Crippen LogP contribution < -0.4 is 16.4 Å². The van der Waals surface area contributed by atoms with Crippen LogP contribution >= 0.6 is 0 Å². The summed E-state index contributed by atoms with van der Waals surface area (Å²) in [4.78, 5) is 53.1. The lowest BCUT2D eigenvalue weighted by atomic mass is 9.94. The predicted molar refractivity (Wildman–Crippen MR) is 135 cm³/mol. The summed E-state index contributed by atoms with van der Waals surface area (Å²) in [7, 11) is 0. The summed E-state index contributed by atoms with van der Waals surface area (Å²) in [5, 5.41) is 5.55. The molecule has 1 aromatic rings. The zero-order valence-electron chi connectivity index (χ0n) is 22.5. The van der Waals surface area contributed by atoms with E-state index in [4.69, 9.17) is 10.5 Å². The molecule has 0 saturated carbocycles. The van der Waals surface area contributed by atoms with Gasteiger partial charge < -0.3 is 26.0 Å². The first-order valence-electron chi connectivity index (χ1n) is 11.8.